The quantitative estimate of drug-likeness (QED) is 0.211. The first kappa shape index (κ1) is 25.4. The molecule has 3 rings (SSSR count). The van der Waals surface area contributed by atoms with Crippen LogP contribution in [0.2, 0.25) is 0 Å². The Hall–Kier alpha value is -1.18. The molecule has 4 atom stereocenters. The summed E-state index contributed by atoms with van der Waals surface area (Å²) in [6.45, 7) is 4.56. The van der Waals surface area contributed by atoms with Crippen LogP contribution in [0.3, 0.4) is 0 Å². The predicted molar refractivity (Wildman–Crippen MR) is 131 cm³/mol. The molecule has 1 N–H and O–H groups in total. The summed E-state index contributed by atoms with van der Waals surface area (Å²) in [6, 6.07) is 6.74. The molecule has 0 amide bonds. The summed E-state index contributed by atoms with van der Waals surface area (Å²) in [7, 11) is -3.50. The van der Waals surface area contributed by atoms with Gasteiger partial charge in [0.2, 0.25) is 10.0 Å². The number of ether oxygens (including phenoxy) is 1. The highest BCUT2D eigenvalue weighted by molar-refractivity contribution is 9.10. The number of nitrogens with one attached hydrogen (secondary N) is 1. The average Bonchev–Trinajstić information content (AvgIpc) is 3.38. The van der Waals surface area contributed by atoms with Gasteiger partial charge in [0.25, 0.3) is 0 Å². The number of carbonyl (C=O) groups is 1. The second kappa shape index (κ2) is 11.8. The Labute approximate surface area is 201 Å². The highest BCUT2D eigenvalue weighted by Crippen LogP contribution is 2.52. The Morgan fingerprint density at radius 2 is 1.88 bits per heavy atom. The highest BCUT2D eigenvalue weighted by Gasteiger charge is 2.46. The first-order chi connectivity index (χ1) is 15.3. The Bertz CT molecular complexity index is 880. The molecule has 0 heterocycles. The first-order valence-corrected chi connectivity index (χ1v) is 14.2. The zero-order valence-corrected chi connectivity index (χ0v) is 21.5. The van der Waals surface area contributed by atoms with Crippen LogP contribution in [0, 0.1) is 23.7 Å². The lowest BCUT2D eigenvalue weighted by atomic mass is 9.79. The Morgan fingerprint density at radius 3 is 2.56 bits per heavy atom. The summed E-state index contributed by atoms with van der Waals surface area (Å²) in [5, 5.41) is 0. The first-order valence-electron chi connectivity index (χ1n) is 11.9. The monoisotopic (exact) mass is 525 g/mol. The van der Waals surface area contributed by atoms with E-state index in [1.165, 1.54) is 19.3 Å². The number of sulfonamides is 1. The third kappa shape index (κ3) is 6.67. The van der Waals surface area contributed by atoms with Crippen LogP contribution in [-0.4, -0.2) is 27.0 Å². The topological polar surface area (TPSA) is 72.5 Å². The van der Waals surface area contributed by atoms with Crippen LogP contribution in [0.5, 0.6) is 0 Å². The van der Waals surface area contributed by atoms with Gasteiger partial charge in [-0.2, -0.15) is 0 Å². The number of benzene rings is 1. The molecule has 2 bridgehead atoms. The molecule has 2 aliphatic carbocycles. The van der Waals surface area contributed by atoms with Crippen molar-refractivity contribution in [3.05, 3.63) is 40.9 Å². The van der Waals surface area contributed by atoms with Crippen LogP contribution in [0.15, 0.2) is 45.8 Å². The lowest BCUT2D eigenvalue weighted by molar-refractivity contribution is -0.149. The summed E-state index contributed by atoms with van der Waals surface area (Å²) in [6.07, 6.45) is 11.9. The maximum absolute atomic E-state index is 12.7. The van der Waals surface area contributed by atoms with Crippen molar-refractivity contribution in [3.63, 3.8) is 0 Å². The van der Waals surface area contributed by atoms with Crippen LogP contribution in [0.1, 0.15) is 65.2 Å². The molecule has 7 heteroatoms. The van der Waals surface area contributed by atoms with Crippen molar-refractivity contribution in [3.8, 4) is 0 Å². The van der Waals surface area contributed by atoms with E-state index in [-0.39, 0.29) is 12.1 Å². The van der Waals surface area contributed by atoms with E-state index in [4.69, 9.17) is 4.74 Å². The van der Waals surface area contributed by atoms with Gasteiger partial charge in [0.05, 0.1) is 4.90 Å². The van der Waals surface area contributed by atoms with Gasteiger partial charge in [0.1, 0.15) is 6.10 Å². The van der Waals surface area contributed by atoms with Crippen molar-refractivity contribution >= 4 is 31.9 Å². The fourth-order valence-corrected chi connectivity index (χ4v) is 6.62. The van der Waals surface area contributed by atoms with Crippen LogP contribution in [0.4, 0.5) is 0 Å². The number of esters is 1. The summed E-state index contributed by atoms with van der Waals surface area (Å²) in [5.41, 5.74) is 0. The number of carbonyl (C=O) groups excluding carboxylic acids is 1. The smallest absolute Gasteiger partial charge is 0.306 e. The van der Waals surface area contributed by atoms with Gasteiger partial charge in [-0.1, -0.05) is 41.9 Å². The normalized spacial score (nSPS) is 25.1. The molecular formula is C25H36BrNO4S. The molecule has 0 radical (unpaired) electrons. The number of allylic oxidation sites excluding steroid dienone is 2. The van der Waals surface area contributed by atoms with Gasteiger partial charge in [-0.05, 0) is 92.9 Å². The minimum absolute atomic E-state index is 0.0361. The summed E-state index contributed by atoms with van der Waals surface area (Å²) in [5.74, 6) is 1.90. The van der Waals surface area contributed by atoms with Gasteiger partial charge in [0, 0.05) is 17.4 Å². The van der Waals surface area contributed by atoms with Gasteiger partial charge in [-0.3, -0.25) is 4.79 Å². The van der Waals surface area contributed by atoms with Crippen molar-refractivity contribution in [1.29, 1.82) is 0 Å². The number of hydrogen-bond donors (Lipinski definition) is 1. The SMILES string of the molecule is CCC(CC)OC(=O)CCCC=CC1C2CCC(C2)C1CNS(=O)(=O)c1ccc(Br)cc1. The number of unbranched alkanes of at least 4 members (excludes halogenated alkanes) is 1. The molecule has 0 spiro atoms. The maximum Gasteiger partial charge on any atom is 0.306 e. The molecule has 1 aromatic carbocycles. The minimum Gasteiger partial charge on any atom is -0.462 e. The Morgan fingerprint density at radius 1 is 1.19 bits per heavy atom. The van der Waals surface area contributed by atoms with E-state index in [0.29, 0.717) is 41.5 Å². The van der Waals surface area contributed by atoms with Crippen LogP contribution < -0.4 is 4.72 Å². The van der Waals surface area contributed by atoms with Gasteiger partial charge in [-0.15, -0.1) is 0 Å². The largest absolute Gasteiger partial charge is 0.462 e. The van der Waals surface area contributed by atoms with Crippen molar-refractivity contribution in [1.82, 2.24) is 4.72 Å². The Balaban J connectivity index is 1.49. The van der Waals surface area contributed by atoms with E-state index in [2.05, 4.69) is 32.8 Å². The number of halogens is 1. The molecular weight excluding hydrogens is 490 g/mol. The van der Waals surface area contributed by atoms with Crippen molar-refractivity contribution in [2.45, 2.75) is 76.2 Å². The number of hydrogen-bond acceptors (Lipinski definition) is 4. The lowest BCUT2D eigenvalue weighted by Gasteiger charge is -2.29. The molecule has 178 valence electrons. The summed E-state index contributed by atoms with van der Waals surface area (Å²) >= 11 is 3.35. The van der Waals surface area contributed by atoms with Crippen molar-refractivity contribution in [2.75, 3.05) is 6.54 Å². The van der Waals surface area contributed by atoms with Crippen molar-refractivity contribution in [2.24, 2.45) is 23.7 Å². The van der Waals surface area contributed by atoms with E-state index in [1.807, 2.05) is 13.8 Å². The third-order valence-corrected chi connectivity index (χ3v) is 9.08. The van der Waals surface area contributed by atoms with E-state index in [9.17, 15) is 13.2 Å². The van der Waals surface area contributed by atoms with Gasteiger partial charge in [0.15, 0.2) is 0 Å². The van der Waals surface area contributed by atoms with Crippen LogP contribution >= 0.6 is 15.9 Å². The van der Waals surface area contributed by atoms with Crippen LogP contribution in [-0.2, 0) is 19.6 Å². The summed E-state index contributed by atoms with van der Waals surface area (Å²) in [4.78, 5) is 12.2. The number of rotatable bonds is 12. The van der Waals surface area contributed by atoms with Crippen LogP contribution in [0.25, 0.3) is 0 Å². The molecule has 5 nitrogen and oxygen atoms in total. The average molecular weight is 527 g/mol. The van der Waals surface area contributed by atoms with E-state index in [0.717, 1.165) is 30.2 Å². The zero-order valence-electron chi connectivity index (χ0n) is 19.1. The fourth-order valence-electron chi connectivity index (χ4n) is 5.28. The fraction of sp³-hybridized carbons (Fsp3) is 0.640. The van der Waals surface area contributed by atoms with Gasteiger partial charge >= 0.3 is 5.97 Å². The molecule has 4 unspecified atom stereocenters. The van der Waals surface area contributed by atoms with E-state index < -0.39 is 10.0 Å². The second-order valence-electron chi connectivity index (χ2n) is 9.13. The highest BCUT2D eigenvalue weighted by atomic mass is 79.9. The molecule has 2 aliphatic rings. The van der Waals surface area contributed by atoms with E-state index >= 15 is 0 Å². The number of fused-ring (bicyclic) bond motifs is 2. The third-order valence-electron chi connectivity index (χ3n) is 7.11. The van der Waals surface area contributed by atoms with Crippen molar-refractivity contribution < 1.29 is 17.9 Å². The maximum atomic E-state index is 12.7. The molecule has 0 saturated heterocycles. The second-order valence-corrected chi connectivity index (χ2v) is 11.8. The minimum atomic E-state index is -3.50. The predicted octanol–water partition coefficient (Wildman–Crippen LogP) is 5.85. The molecule has 0 aromatic heterocycles. The van der Waals surface area contributed by atoms with Gasteiger partial charge < -0.3 is 4.74 Å². The molecule has 0 aliphatic heterocycles. The molecule has 1 aromatic rings. The lowest BCUT2D eigenvalue weighted by Crippen LogP contribution is -2.35. The molecule has 32 heavy (non-hydrogen) atoms. The van der Waals surface area contributed by atoms with Gasteiger partial charge in [-0.25, -0.2) is 13.1 Å². The summed E-state index contributed by atoms with van der Waals surface area (Å²) < 4.78 is 34.6. The van der Waals surface area contributed by atoms with E-state index in [1.54, 1.807) is 24.3 Å². The zero-order chi connectivity index (χ0) is 23.1. The Kier molecular flexibility index (Phi) is 9.38. The standard InChI is InChI=1S/C25H36BrNO4S/c1-3-21(4-2)31-25(28)9-7-5-6-8-23-18-10-11-19(16-18)24(23)17-27-32(29,30)22-14-12-20(26)13-15-22/h6,8,12-15,18-19,21,23-24,27H,3-5,7,9-11,16-17H2,1-2H3. The molecule has 2 saturated carbocycles. The molecule has 2 fully saturated rings.